The van der Waals surface area contributed by atoms with E-state index in [0.717, 1.165) is 18.1 Å². The van der Waals surface area contributed by atoms with Crippen LogP contribution in [-0.2, 0) is 0 Å². The van der Waals surface area contributed by atoms with Crippen LogP contribution in [0.3, 0.4) is 0 Å². The third kappa shape index (κ3) is 2.05. The number of urea groups is 1. The molecule has 78 valence electrons. The molecule has 3 saturated carbocycles. The summed E-state index contributed by atoms with van der Waals surface area (Å²) in [5.41, 5.74) is 8.51. The fraction of sp³-hybridized carbons (Fsp3) is 0.800. The van der Waals surface area contributed by atoms with Crippen LogP contribution in [0.15, 0.2) is 5.10 Å². The van der Waals surface area contributed by atoms with Crippen molar-refractivity contribution in [3.63, 3.8) is 0 Å². The third-order valence-corrected chi connectivity index (χ3v) is 3.37. The standard InChI is InChI=1S/C10H17N3O/c11-10(14)13-12-9-6-7-2-1-3-8(9)5-4-7/h7-8H,1-6H2,(H3,11,13,14)/b12-9-. The second kappa shape index (κ2) is 3.98. The molecule has 4 nitrogen and oxygen atoms in total. The molecule has 0 heterocycles. The van der Waals surface area contributed by atoms with Crippen LogP contribution in [0.25, 0.3) is 0 Å². The fourth-order valence-corrected chi connectivity index (χ4v) is 2.64. The number of primary amides is 1. The Labute approximate surface area is 83.9 Å². The first-order chi connectivity index (χ1) is 6.75. The van der Waals surface area contributed by atoms with Crippen molar-refractivity contribution in [2.24, 2.45) is 22.7 Å². The minimum absolute atomic E-state index is 0.558. The number of carbonyl (C=O) groups excluding carboxylic acids is 1. The minimum Gasteiger partial charge on any atom is -0.350 e. The largest absolute Gasteiger partial charge is 0.350 e. The first-order valence-electron chi connectivity index (χ1n) is 5.37. The molecule has 2 amide bonds. The summed E-state index contributed by atoms with van der Waals surface area (Å²) < 4.78 is 0. The molecule has 0 radical (unpaired) electrons. The van der Waals surface area contributed by atoms with Crippen molar-refractivity contribution in [2.45, 2.75) is 38.5 Å². The number of hydrazone groups is 1. The minimum atomic E-state index is -0.558. The van der Waals surface area contributed by atoms with E-state index in [1.165, 1.54) is 32.1 Å². The Morgan fingerprint density at radius 3 is 3.00 bits per heavy atom. The van der Waals surface area contributed by atoms with Crippen molar-refractivity contribution in [1.29, 1.82) is 0 Å². The number of nitrogens with zero attached hydrogens (tertiary/aromatic N) is 1. The molecule has 4 heteroatoms. The molecule has 0 aromatic heterocycles. The van der Waals surface area contributed by atoms with Gasteiger partial charge in [0.15, 0.2) is 0 Å². The van der Waals surface area contributed by atoms with Crippen molar-refractivity contribution in [3.8, 4) is 0 Å². The SMILES string of the molecule is NC(=O)N/N=C1/CC2CCCC1CC2. The lowest BCUT2D eigenvalue weighted by Crippen LogP contribution is -2.29. The predicted molar refractivity (Wildman–Crippen MR) is 54.8 cm³/mol. The predicted octanol–water partition coefficient (Wildman–Crippen LogP) is 1.61. The summed E-state index contributed by atoms with van der Waals surface area (Å²) in [5.74, 6) is 1.39. The zero-order chi connectivity index (χ0) is 9.97. The van der Waals surface area contributed by atoms with Crippen LogP contribution < -0.4 is 11.2 Å². The van der Waals surface area contributed by atoms with E-state index in [1.807, 2.05) is 0 Å². The van der Waals surface area contributed by atoms with Gasteiger partial charge in [0.25, 0.3) is 0 Å². The van der Waals surface area contributed by atoms with Crippen LogP contribution in [-0.4, -0.2) is 11.7 Å². The molecule has 3 aliphatic carbocycles. The number of fused-ring (bicyclic) bond motifs is 4. The second-order valence-electron chi connectivity index (χ2n) is 4.35. The highest BCUT2D eigenvalue weighted by Crippen LogP contribution is 2.37. The molecule has 0 aromatic rings. The highest BCUT2D eigenvalue weighted by molar-refractivity contribution is 5.88. The average molecular weight is 195 g/mol. The first kappa shape index (κ1) is 9.49. The Balaban J connectivity index is 2.04. The van der Waals surface area contributed by atoms with Crippen LogP contribution in [0.5, 0.6) is 0 Å². The van der Waals surface area contributed by atoms with E-state index in [0.29, 0.717) is 5.92 Å². The van der Waals surface area contributed by atoms with Crippen LogP contribution in [0.1, 0.15) is 38.5 Å². The second-order valence-corrected chi connectivity index (χ2v) is 4.35. The summed E-state index contributed by atoms with van der Waals surface area (Å²) in [4.78, 5) is 10.5. The Hall–Kier alpha value is -1.06. The molecule has 14 heavy (non-hydrogen) atoms. The third-order valence-electron chi connectivity index (χ3n) is 3.37. The summed E-state index contributed by atoms with van der Waals surface area (Å²) in [5, 5.41) is 4.12. The highest BCUT2D eigenvalue weighted by atomic mass is 16.2. The molecule has 0 aromatic carbocycles. The lowest BCUT2D eigenvalue weighted by molar-refractivity contribution is 0.249. The normalized spacial score (nSPS) is 34.1. The maximum Gasteiger partial charge on any atom is 0.332 e. The Kier molecular flexibility index (Phi) is 2.70. The van der Waals surface area contributed by atoms with Gasteiger partial charge in [-0.2, -0.15) is 5.10 Å². The van der Waals surface area contributed by atoms with Crippen LogP contribution in [0.2, 0.25) is 0 Å². The lowest BCUT2D eigenvalue weighted by atomic mass is 9.82. The molecule has 2 atom stereocenters. The number of nitrogens with one attached hydrogen (secondary N) is 1. The summed E-state index contributed by atoms with van der Waals surface area (Å²) in [6.07, 6.45) is 7.50. The van der Waals surface area contributed by atoms with Crippen LogP contribution in [0.4, 0.5) is 4.79 Å². The maximum absolute atomic E-state index is 10.5. The smallest absolute Gasteiger partial charge is 0.332 e. The van der Waals surface area contributed by atoms with Gasteiger partial charge >= 0.3 is 6.03 Å². The van der Waals surface area contributed by atoms with E-state index >= 15 is 0 Å². The van der Waals surface area contributed by atoms with E-state index in [2.05, 4.69) is 10.5 Å². The van der Waals surface area contributed by atoms with Crippen LogP contribution in [0, 0.1) is 11.8 Å². The Morgan fingerprint density at radius 2 is 2.21 bits per heavy atom. The average Bonchev–Trinajstić information content (AvgIpc) is 2.48. The summed E-state index contributed by atoms with van der Waals surface area (Å²) in [6.45, 7) is 0. The van der Waals surface area contributed by atoms with E-state index < -0.39 is 6.03 Å². The molecule has 3 rings (SSSR count). The molecule has 3 fully saturated rings. The summed E-state index contributed by atoms with van der Waals surface area (Å²) in [7, 11) is 0. The summed E-state index contributed by atoms with van der Waals surface area (Å²) >= 11 is 0. The Bertz CT molecular complexity index is 258. The lowest BCUT2D eigenvalue weighted by Gasteiger charge is -2.24. The van der Waals surface area contributed by atoms with Crippen molar-refractivity contribution >= 4 is 11.7 Å². The molecular weight excluding hydrogens is 178 g/mol. The van der Waals surface area contributed by atoms with E-state index in [4.69, 9.17) is 5.73 Å². The fourth-order valence-electron chi connectivity index (χ4n) is 2.64. The zero-order valence-corrected chi connectivity index (χ0v) is 8.33. The van der Waals surface area contributed by atoms with Gasteiger partial charge in [-0.1, -0.05) is 12.8 Å². The number of nitrogens with two attached hydrogens (primary N) is 1. The monoisotopic (exact) mass is 195 g/mol. The first-order valence-corrected chi connectivity index (χ1v) is 5.37. The van der Waals surface area contributed by atoms with Crippen molar-refractivity contribution in [1.82, 2.24) is 5.43 Å². The number of carbonyl (C=O) groups is 1. The molecule has 0 aliphatic heterocycles. The number of hydrogen-bond donors (Lipinski definition) is 2. The Morgan fingerprint density at radius 1 is 1.36 bits per heavy atom. The van der Waals surface area contributed by atoms with Gasteiger partial charge in [-0.3, -0.25) is 0 Å². The van der Waals surface area contributed by atoms with Crippen LogP contribution >= 0.6 is 0 Å². The van der Waals surface area contributed by atoms with E-state index in [-0.39, 0.29) is 0 Å². The molecule has 3 aliphatic rings. The van der Waals surface area contributed by atoms with Crippen molar-refractivity contribution in [3.05, 3.63) is 0 Å². The van der Waals surface area contributed by atoms with Crippen molar-refractivity contribution < 1.29 is 4.79 Å². The van der Waals surface area contributed by atoms with Gasteiger partial charge in [0.2, 0.25) is 0 Å². The highest BCUT2D eigenvalue weighted by Gasteiger charge is 2.30. The molecule has 0 saturated heterocycles. The van der Waals surface area contributed by atoms with Gasteiger partial charge in [-0.25, -0.2) is 10.2 Å². The van der Waals surface area contributed by atoms with E-state index in [9.17, 15) is 4.79 Å². The van der Waals surface area contributed by atoms with Gasteiger partial charge < -0.3 is 5.73 Å². The van der Waals surface area contributed by atoms with Gasteiger partial charge in [0, 0.05) is 5.71 Å². The molecule has 2 unspecified atom stereocenters. The molecule has 0 spiro atoms. The summed E-state index contributed by atoms with van der Waals surface area (Å²) in [6, 6.07) is -0.558. The molecule has 2 bridgehead atoms. The quantitative estimate of drug-likeness (QED) is 0.613. The van der Waals surface area contributed by atoms with Crippen molar-refractivity contribution in [2.75, 3.05) is 0 Å². The number of amides is 2. The van der Waals surface area contributed by atoms with Gasteiger partial charge in [-0.05, 0) is 37.5 Å². The maximum atomic E-state index is 10.5. The number of hydrogen-bond acceptors (Lipinski definition) is 2. The van der Waals surface area contributed by atoms with Gasteiger partial charge in [-0.15, -0.1) is 0 Å². The number of rotatable bonds is 1. The molecule has 3 N–H and O–H groups in total. The zero-order valence-electron chi connectivity index (χ0n) is 8.33. The van der Waals surface area contributed by atoms with Gasteiger partial charge in [0.05, 0.1) is 0 Å². The van der Waals surface area contributed by atoms with E-state index in [1.54, 1.807) is 0 Å². The molecular formula is C10H17N3O. The van der Waals surface area contributed by atoms with Gasteiger partial charge in [0.1, 0.15) is 0 Å². The topological polar surface area (TPSA) is 67.5 Å².